The van der Waals surface area contributed by atoms with Gasteiger partial charge in [0.1, 0.15) is 18.1 Å². The molecule has 0 heterocycles. The third-order valence-corrected chi connectivity index (χ3v) is 3.63. The quantitative estimate of drug-likeness (QED) is 0.534. The van der Waals surface area contributed by atoms with Crippen LogP contribution in [-0.4, -0.2) is 30.7 Å². The third kappa shape index (κ3) is 5.10. The number of ether oxygens (including phenoxy) is 2. The first kappa shape index (κ1) is 18.0. The molecule has 128 valence electrons. The van der Waals surface area contributed by atoms with Gasteiger partial charge >= 0.3 is 0 Å². The van der Waals surface area contributed by atoms with Crippen molar-refractivity contribution in [3.63, 3.8) is 0 Å². The average Bonchev–Trinajstić information content (AvgIpc) is 2.62. The summed E-state index contributed by atoms with van der Waals surface area (Å²) >= 11 is 0. The van der Waals surface area contributed by atoms with Gasteiger partial charge < -0.3 is 14.6 Å². The normalized spacial score (nSPS) is 10.4. The number of para-hydroxylation sites is 2. The van der Waals surface area contributed by atoms with Crippen LogP contribution in [0.15, 0.2) is 48.5 Å². The van der Waals surface area contributed by atoms with Gasteiger partial charge in [0.25, 0.3) is 0 Å². The second-order valence-electron chi connectivity index (χ2n) is 5.49. The van der Waals surface area contributed by atoms with Gasteiger partial charge in [-0.25, -0.2) is 0 Å². The summed E-state index contributed by atoms with van der Waals surface area (Å²) in [5.41, 5.74) is 1.63. The predicted octanol–water partition coefficient (Wildman–Crippen LogP) is 3.66. The highest BCUT2D eigenvalue weighted by Gasteiger charge is 2.10. The van der Waals surface area contributed by atoms with E-state index in [1.54, 1.807) is 24.3 Å². The number of ketones is 1. The van der Waals surface area contributed by atoms with Crippen molar-refractivity contribution >= 4 is 5.78 Å². The second-order valence-corrected chi connectivity index (χ2v) is 5.49. The molecule has 0 fully saturated rings. The maximum Gasteiger partial charge on any atom is 0.191 e. The highest BCUT2D eigenvalue weighted by Crippen LogP contribution is 2.20. The lowest BCUT2D eigenvalue weighted by atomic mass is 10.1. The SMILES string of the molecule is CCCc1ccccc1OCCCOc1ccccc1C(=O)CO. The van der Waals surface area contributed by atoms with Gasteiger partial charge in [0, 0.05) is 6.42 Å². The molecule has 2 aromatic rings. The van der Waals surface area contributed by atoms with Crippen molar-refractivity contribution in [2.24, 2.45) is 0 Å². The van der Waals surface area contributed by atoms with E-state index in [0.717, 1.165) is 18.6 Å². The summed E-state index contributed by atoms with van der Waals surface area (Å²) in [7, 11) is 0. The number of Topliss-reactive ketones (excluding diaryl/α,β-unsaturated/α-hetero) is 1. The van der Waals surface area contributed by atoms with Crippen LogP contribution < -0.4 is 9.47 Å². The molecule has 4 heteroatoms. The Morgan fingerprint density at radius 3 is 2.29 bits per heavy atom. The number of aliphatic hydroxyl groups is 1. The molecule has 0 aliphatic rings. The zero-order valence-electron chi connectivity index (χ0n) is 14.0. The second kappa shape index (κ2) is 9.73. The van der Waals surface area contributed by atoms with E-state index >= 15 is 0 Å². The number of aryl methyl sites for hydroxylation is 1. The van der Waals surface area contributed by atoms with Gasteiger partial charge in [-0.15, -0.1) is 0 Å². The van der Waals surface area contributed by atoms with Crippen molar-refractivity contribution < 1.29 is 19.4 Å². The maximum atomic E-state index is 11.7. The van der Waals surface area contributed by atoms with Gasteiger partial charge in [-0.1, -0.05) is 43.7 Å². The van der Waals surface area contributed by atoms with Crippen molar-refractivity contribution in [1.29, 1.82) is 0 Å². The Bertz CT molecular complexity index is 652. The maximum absolute atomic E-state index is 11.7. The smallest absolute Gasteiger partial charge is 0.191 e. The van der Waals surface area contributed by atoms with Crippen molar-refractivity contribution in [1.82, 2.24) is 0 Å². The van der Waals surface area contributed by atoms with Crippen LogP contribution in [0.1, 0.15) is 35.7 Å². The minimum absolute atomic E-state index is 0.338. The van der Waals surface area contributed by atoms with E-state index in [2.05, 4.69) is 13.0 Å². The zero-order valence-corrected chi connectivity index (χ0v) is 14.0. The fourth-order valence-electron chi connectivity index (χ4n) is 2.45. The monoisotopic (exact) mass is 328 g/mol. The number of rotatable bonds is 10. The number of aliphatic hydroxyl groups excluding tert-OH is 1. The van der Waals surface area contributed by atoms with Crippen LogP contribution in [0.25, 0.3) is 0 Å². The highest BCUT2D eigenvalue weighted by molar-refractivity contribution is 5.99. The predicted molar refractivity (Wildman–Crippen MR) is 93.9 cm³/mol. The Morgan fingerprint density at radius 2 is 1.58 bits per heavy atom. The zero-order chi connectivity index (χ0) is 17.2. The molecule has 1 N–H and O–H groups in total. The molecule has 0 aromatic heterocycles. The van der Waals surface area contributed by atoms with E-state index in [4.69, 9.17) is 14.6 Å². The molecule has 0 bridgehead atoms. The van der Waals surface area contributed by atoms with Gasteiger partial charge in [0.05, 0.1) is 18.8 Å². The van der Waals surface area contributed by atoms with Crippen molar-refractivity contribution in [3.8, 4) is 11.5 Å². The van der Waals surface area contributed by atoms with Gasteiger partial charge in [-0.3, -0.25) is 4.79 Å². The molecular weight excluding hydrogens is 304 g/mol. The first-order valence-electron chi connectivity index (χ1n) is 8.32. The van der Waals surface area contributed by atoms with Crippen LogP contribution in [-0.2, 0) is 6.42 Å². The molecular formula is C20H24O4. The lowest BCUT2D eigenvalue weighted by Gasteiger charge is -2.12. The largest absolute Gasteiger partial charge is 0.493 e. The number of hydrogen-bond donors (Lipinski definition) is 1. The molecule has 0 saturated carbocycles. The molecule has 0 atom stereocenters. The number of hydrogen-bond acceptors (Lipinski definition) is 4. The van der Waals surface area contributed by atoms with E-state index in [1.165, 1.54) is 5.56 Å². The fraction of sp³-hybridized carbons (Fsp3) is 0.350. The number of carbonyl (C=O) groups is 1. The minimum Gasteiger partial charge on any atom is -0.493 e. The lowest BCUT2D eigenvalue weighted by Crippen LogP contribution is -2.10. The van der Waals surface area contributed by atoms with E-state index in [1.807, 2.05) is 18.2 Å². The molecule has 2 rings (SSSR count). The van der Waals surface area contributed by atoms with Gasteiger partial charge in [0.15, 0.2) is 5.78 Å². The Hall–Kier alpha value is -2.33. The first-order valence-corrected chi connectivity index (χ1v) is 8.32. The standard InChI is InChI=1S/C20H24O4/c1-2-8-16-9-3-5-11-19(16)23-13-7-14-24-20-12-6-4-10-17(20)18(22)15-21/h3-6,9-12,21H,2,7-8,13-15H2,1H3. The molecule has 0 unspecified atom stereocenters. The summed E-state index contributed by atoms with van der Waals surface area (Å²) in [6.07, 6.45) is 2.80. The first-order chi connectivity index (χ1) is 11.8. The van der Waals surface area contributed by atoms with E-state index < -0.39 is 6.61 Å². The molecule has 0 spiro atoms. The summed E-state index contributed by atoms with van der Waals surface area (Å²) in [5, 5.41) is 8.99. The number of carbonyl (C=O) groups excluding carboxylic acids is 1. The van der Waals surface area contributed by atoms with Crippen LogP contribution in [0.5, 0.6) is 11.5 Å². The average molecular weight is 328 g/mol. The molecule has 0 saturated heterocycles. The molecule has 24 heavy (non-hydrogen) atoms. The minimum atomic E-state index is -0.516. The highest BCUT2D eigenvalue weighted by atomic mass is 16.5. The molecule has 0 aliphatic heterocycles. The van der Waals surface area contributed by atoms with Crippen molar-refractivity contribution in [2.45, 2.75) is 26.2 Å². The summed E-state index contributed by atoms with van der Waals surface area (Å²) in [4.78, 5) is 11.7. The van der Waals surface area contributed by atoms with Gasteiger partial charge in [-0.2, -0.15) is 0 Å². The van der Waals surface area contributed by atoms with Gasteiger partial charge in [-0.05, 0) is 30.2 Å². The van der Waals surface area contributed by atoms with Crippen molar-refractivity contribution in [3.05, 3.63) is 59.7 Å². The van der Waals surface area contributed by atoms with Gasteiger partial charge in [0.2, 0.25) is 0 Å². The fourth-order valence-corrected chi connectivity index (χ4v) is 2.45. The van der Waals surface area contributed by atoms with E-state index in [-0.39, 0.29) is 5.78 Å². The summed E-state index contributed by atoms with van der Waals surface area (Å²) in [6, 6.07) is 15.0. The molecule has 0 radical (unpaired) electrons. The Kier molecular flexibility index (Phi) is 7.30. The van der Waals surface area contributed by atoms with E-state index in [0.29, 0.717) is 30.9 Å². The lowest BCUT2D eigenvalue weighted by molar-refractivity contribution is 0.0899. The summed E-state index contributed by atoms with van der Waals surface area (Å²) in [5.74, 6) is 1.09. The Balaban J connectivity index is 1.81. The molecule has 2 aromatic carbocycles. The van der Waals surface area contributed by atoms with Crippen LogP contribution in [0.4, 0.5) is 0 Å². The topological polar surface area (TPSA) is 55.8 Å². The summed E-state index contributed by atoms with van der Waals surface area (Å²) in [6.45, 7) is 2.63. The van der Waals surface area contributed by atoms with E-state index in [9.17, 15) is 4.79 Å². The van der Waals surface area contributed by atoms with Crippen LogP contribution in [0.3, 0.4) is 0 Å². The third-order valence-electron chi connectivity index (χ3n) is 3.63. The van der Waals surface area contributed by atoms with Crippen LogP contribution >= 0.6 is 0 Å². The Morgan fingerprint density at radius 1 is 0.958 bits per heavy atom. The summed E-state index contributed by atoms with van der Waals surface area (Å²) < 4.78 is 11.5. The number of benzene rings is 2. The molecule has 4 nitrogen and oxygen atoms in total. The van der Waals surface area contributed by atoms with Crippen molar-refractivity contribution in [2.75, 3.05) is 19.8 Å². The molecule has 0 aliphatic carbocycles. The van der Waals surface area contributed by atoms with Crippen LogP contribution in [0, 0.1) is 0 Å². The Labute approximate surface area is 143 Å². The van der Waals surface area contributed by atoms with Crippen LogP contribution in [0.2, 0.25) is 0 Å². The molecule has 0 amide bonds.